The number of alkyl halides is 1. The molecule has 6 fully saturated rings. The zero-order chi connectivity index (χ0) is 13.4. The molecule has 10 atom stereocenters. The van der Waals surface area contributed by atoms with Crippen molar-refractivity contribution in [3.63, 3.8) is 0 Å². The average molecular weight is 333 g/mol. The summed E-state index contributed by atoms with van der Waals surface area (Å²) in [5.74, 6) is 3.09. The van der Waals surface area contributed by atoms with Crippen LogP contribution in [0.1, 0.15) is 12.0 Å². The molecule has 6 aliphatic carbocycles. The molecule has 20 heavy (non-hydrogen) atoms. The zero-order valence-corrected chi connectivity index (χ0v) is 12.6. The van der Waals surface area contributed by atoms with Gasteiger partial charge in [0.1, 0.15) is 0 Å². The molecule has 3 heteroatoms. The average Bonchev–Trinajstić information content (AvgIpc) is 3.16. The predicted octanol–water partition coefficient (Wildman–Crippen LogP) is 2.14. The normalized spacial score (nSPS) is 67.0. The lowest BCUT2D eigenvalue weighted by Gasteiger charge is -2.38. The first-order valence-corrected chi connectivity index (χ1v) is 8.67. The fraction of sp³-hybridized carbons (Fsp3) is 0.647. The maximum atomic E-state index is 11.6. The highest BCUT2D eigenvalue weighted by Gasteiger charge is 2.92. The van der Waals surface area contributed by atoms with Gasteiger partial charge in [-0.15, -0.1) is 0 Å². The third kappa shape index (κ3) is 0.768. The Hall–Kier alpha value is -0.380. The number of benzene rings is 1. The molecule has 0 saturated heterocycles. The van der Waals surface area contributed by atoms with Gasteiger partial charge in [0, 0.05) is 16.7 Å². The van der Waals surface area contributed by atoms with Gasteiger partial charge in [0.25, 0.3) is 0 Å². The molecule has 0 aromatic heterocycles. The second-order valence-corrected chi connectivity index (χ2v) is 8.71. The summed E-state index contributed by atoms with van der Waals surface area (Å²) in [6, 6.07) is 10.1. The summed E-state index contributed by atoms with van der Waals surface area (Å²) < 4.78 is 0. The summed E-state index contributed by atoms with van der Waals surface area (Å²) in [5, 5.41) is 23.0. The number of aliphatic hydroxyl groups is 2. The van der Waals surface area contributed by atoms with Gasteiger partial charge in [0.15, 0.2) is 0 Å². The van der Waals surface area contributed by atoms with E-state index in [-0.39, 0.29) is 16.7 Å². The van der Waals surface area contributed by atoms with Gasteiger partial charge in [-0.25, -0.2) is 0 Å². The van der Waals surface area contributed by atoms with Crippen molar-refractivity contribution in [3.8, 4) is 0 Å². The number of hydrogen-bond acceptors (Lipinski definition) is 2. The van der Waals surface area contributed by atoms with Crippen LogP contribution in [0.25, 0.3) is 0 Å². The molecular weight excluding hydrogens is 316 g/mol. The molecule has 6 bridgehead atoms. The molecule has 0 radical (unpaired) electrons. The largest absolute Gasteiger partial charge is 0.388 e. The molecule has 0 amide bonds. The van der Waals surface area contributed by atoms with Gasteiger partial charge in [0.05, 0.1) is 11.2 Å². The molecule has 104 valence electrons. The van der Waals surface area contributed by atoms with Crippen molar-refractivity contribution in [3.05, 3.63) is 35.9 Å². The van der Waals surface area contributed by atoms with Crippen LogP contribution in [0.15, 0.2) is 30.3 Å². The Labute approximate surface area is 126 Å². The summed E-state index contributed by atoms with van der Waals surface area (Å²) in [4.78, 5) is 0.202. The second kappa shape index (κ2) is 2.90. The molecule has 0 spiro atoms. The second-order valence-electron chi connectivity index (χ2n) is 7.73. The number of rotatable bonds is 1. The van der Waals surface area contributed by atoms with Crippen molar-refractivity contribution in [1.82, 2.24) is 0 Å². The Kier molecular flexibility index (Phi) is 1.63. The maximum absolute atomic E-state index is 11.6. The van der Waals surface area contributed by atoms with E-state index in [1.165, 1.54) is 6.42 Å². The first-order chi connectivity index (χ1) is 9.61. The lowest BCUT2D eigenvalue weighted by Crippen LogP contribution is -2.47. The van der Waals surface area contributed by atoms with Crippen LogP contribution in [0.3, 0.4) is 0 Å². The molecule has 6 aliphatic rings. The van der Waals surface area contributed by atoms with Crippen molar-refractivity contribution in [2.45, 2.75) is 22.5 Å². The van der Waals surface area contributed by atoms with Crippen LogP contribution in [-0.2, 0) is 5.60 Å². The molecule has 2 nitrogen and oxygen atoms in total. The molecule has 7 rings (SSSR count). The summed E-state index contributed by atoms with van der Waals surface area (Å²) in [6.45, 7) is 0. The van der Waals surface area contributed by atoms with Gasteiger partial charge < -0.3 is 10.2 Å². The quantitative estimate of drug-likeness (QED) is 0.773. The number of hydrogen-bond donors (Lipinski definition) is 2. The molecule has 6 saturated carbocycles. The van der Waals surface area contributed by atoms with Crippen LogP contribution in [-0.4, -0.2) is 20.6 Å². The zero-order valence-electron chi connectivity index (χ0n) is 11.0. The minimum Gasteiger partial charge on any atom is -0.388 e. The third-order valence-corrected chi connectivity index (χ3v) is 9.05. The highest BCUT2D eigenvalue weighted by molar-refractivity contribution is 9.09. The van der Waals surface area contributed by atoms with E-state index in [1.807, 2.05) is 18.2 Å². The maximum Gasteiger partial charge on any atom is 0.0989 e. The van der Waals surface area contributed by atoms with Crippen LogP contribution >= 0.6 is 15.9 Å². The smallest absolute Gasteiger partial charge is 0.0989 e. The van der Waals surface area contributed by atoms with E-state index in [1.54, 1.807) is 0 Å². The van der Waals surface area contributed by atoms with Crippen molar-refractivity contribution in [1.29, 1.82) is 0 Å². The SMILES string of the molecule is O[C@@]1(c2ccccc2)[C@@H]2[C@@H]3C[C@H]4[C@@H]5[C@H]3[C@H]1[C@@](O)([C@@H]42)[C@H]5Br. The molecule has 1 aromatic rings. The molecule has 1 aromatic carbocycles. The minimum atomic E-state index is -0.790. The lowest BCUT2D eigenvalue weighted by molar-refractivity contribution is -0.0777. The number of halogens is 1. The highest BCUT2D eigenvalue weighted by Crippen LogP contribution is 2.88. The van der Waals surface area contributed by atoms with Gasteiger partial charge in [-0.05, 0) is 41.6 Å². The van der Waals surface area contributed by atoms with Gasteiger partial charge >= 0.3 is 0 Å². The topological polar surface area (TPSA) is 40.5 Å². The fourth-order valence-electron chi connectivity index (χ4n) is 7.73. The summed E-state index contributed by atoms with van der Waals surface area (Å²) in [6.07, 6.45) is 1.24. The van der Waals surface area contributed by atoms with Gasteiger partial charge in [-0.1, -0.05) is 46.3 Å². The summed E-state index contributed by atoms with van der Waals surface area (Å²) in [7, 11) is 0. The fourth-order valence-corrected chi connectivity index (χ4v) is 9.06. The van der Waals surface area contributed by atoms with Gasteiger partial charge in [-0.2, -0.15) is 0 Å². The lowest BCUT2D eigenvalue weighted by atomic mass is 9.69. The van der Waals surface area contributed by atoms with Crippen LogP contribution in [0.2, 0.25) is 0 Å². The van der Waals surface area contributed by atoms with E-state index < -0.39 is 11.2 Å². The van der Waals surface area contributed by atoms with Crippen molar-refractivity contribution < 1.29 is 10.2 Å². The van der Waals surface area contributed by atoms with Crippen molar-refractivity contribution in [2.75, 3.05) is 0 Å². The van der Waals surface area contributed by atoms with E-state index in [0.29, 0.717) is 29.6 Å². The molecule has 0 aliphatic heterocycles. The Morgan fingerprint density at radius 3 is 2.40 bits per heavy atom. The molecular formula is C17H17BrO2. The highest BCUT2D eigenvalue weighted by atomic mass is 79.9. The molecule has 0 heterocycles. The first-order valence-electron chi connectivity index (χ1n) is 7.75. The van der Waals surface area contributed by atoms with Crippen LogP contribution in [0.4, 0.5) is 0 Å². The van der Waals surface area contributed by atoms with Crippen LogP contribution in [0.5, 0.6) is 0 Å². The van der Waals surface area contributed by atoms with Crippen molar-refractivity contribution in [2.24, 2.45) is 41.4 Å². The third-order valence-electron chi connectivity index (χ3n) is 7.70. The van der Waals surface area contributed by atoms with Gasteiger partial charge in [0.2, 0.25) is 0 Å². The standard InChI is InChI=1S/C17H17BrO2/c18-15-11-9-6-8-10(11)14-16(19,7-4-2-1-3-5-7)12(8)13(9)17(14,15)20/h1-5,8-15,19-20H,6H2/t8-,9+,10+,11-,12-,13+,14-,15+,16+,17+/m1/s1. The van der Waals surface area contributed by atoms with Crippen molar-refractivity contribution >= 4 is 15.9 Å². The van der Waals surface area contributed by atoms with E-state index in [2.05, 4.69) is 28.1 Å². The first kappa shape index (κ1) is 11.2. The predicted molar refractivity (Wildman–Crippen MR) is 77.1 cm³/mol. The van der Waals surface area contributed by atoms with Crippen LogP contribution < -0.4 is 0 Å². The summed E-state index contributed by atoms with van der Waals surface area (Å²) >= 11 is 3.81. The van der Waals surface area contributed by atoms with E-state index in [0.717, 1.165) is 5.56 Å². The van der Waals surface area contributed by atoms with Gasteiger partial charge in [-0.3, -0.25) is 0 Å². The molecule has 2 N–H and O–H groups in total. The summed E-state index contributed by atoms with van der Waals surface area (Å²) in [5.41, 5.74) is -0.420. The Bertz CT molecular complexity index is 631. The Balaban J connectivity index is 1.65. The van der Waals surface area contributed by atoms with Crippen LogP contribution in [0, 0.1) is 41.4 Å². The van der Waals surface area contributed by atoms with E-state index in [4.69, 9.17) is 0 Å². The monoisotopic (exact) mass is 332 g/mol. The Morgan fingerprint density at radius 2 is 1.70 bits per heavy atom. The Morgan fingerprint density at radius 1 is 1.00 bits per heavy atom. The molecule has 0 unspecified atom stereocenters. The minimum absolute atomic E-state index is 0.0468. The van der Waals surface area contributed by atoms with E-state index >= 15 is 0 Å². The van der Waals surface area contributed by atoms with E-state index in [9.17, 15) is 10.2 Å².